The average molecular weight is 923 g/mol. The van der Waals surface area contributed by atoms with Crippen LogP contribution >= 0.6 is 11.8 Å². The van der Waals surface area contributed by atoms with Crippen molar-refractivity contribution in [1.29, 1.82) is 0 Å². The lowest BCUT2D eigenvalue weighted by Gasteiger charge is -2.42. The molecule has 64 heavy (non-hydrogen) atoms. The maximum absolute atomic E-state index is 13.4. The zero-order valence-electron chi connectivity index (χ0n) is 39.7. The third-order valence-electron chi connectivity index (χ3n) is 12.7. The summed E-state index contributed by atoms with van der Waals surface area (Å²) in [4.78, 5) is 92.9. The van der Waals surface area contributed by atoms with Crippen LogP contribution in [-0.2, 0) is 52.5 Å². The number of rotatable bonds is 23. The molecule has 4 fully saturated rings. The van der Waals surface area contributed by atoms with Gasteiger partial charge in [-0.25, -0.2) is 9.59 Å². The van der Waals surface area contributed by atoms with E-state index in [9.17, 15) is 33.6 Å². The van der Waals surface area contributed by atoms with Crippen molar-refractivity contribution in [2.24, 2.45) is 17.8 Å². The van der Waals surface area contributed by atoms with Gasteiger partial charge in [0, 0.05) is 20.6 Å². The second kappa shape index (κ2) is 23.5. The van der Waals surface area contributed by atoms with Crippen molar-refractivity contribution < 1.29 is 57.2 Å². The predicted octanol–water partition coefficient (Wildman–Crippen LogP) is 2.76. The Morgan fingerprint density at radius 2 is 1.64 bits per heavy atom. The van der Waals surface area contributed by atoms with Crippen molar-refractivity contribution in [2.75, 3.05) is 45.4 Å². The van der Waals surface area contributed by atoms with Gasteiger partial charge in [0.2, 0.25) is 29.5 Å². The lowest BCUT2D eigenvalue weighted by molar-refractivity contribution is -0.148. The van der Waals surface area contributed by atoms with Gasteiger partial charge in [-0.2, -0.15) is 11.8 Å². The van der Waals surface area contributed by atoms with E-state index in [0.29, 0.717) is 51.0 Å². The van der Waals surface area contributed by atoms with Crippen LogP contribution in [0.1, 0.15) is 107 Å². The van der Waals surface area contributed by atoms with Crippen LogP contribution in [0.2, 0.25) is 0 Å². The van der Waals surface area contributed by atoms with E-state index in [1.54, 1.807) is 7.11 Å². The first-order valence-corrected chi connectivity index (χ1v) is 24.1. The van der Waals surface area contributed by atoms with E-state index in [-0.39, 0.29) is 48.4 Å². The molecule has 19 heteroatoms. The summed E-state index contributed by atoms with van der Waals surface area (Å²) in [7, 11) is 1.61. The number of esters is 1. The molecule has 0 bridgehead atoms. The number of allylic oxidation sites excluding steroid dienone is 1. The zero-order chi connectivity index (χ0) is 47.5. The van der Waals surface area contributed by atoms with E-state index < -0.39 is 90.3 Å². The number of alkyl carbamates (subject to hydrolysis) is 1. The average Bonchev–Trinajstić information content (AvgIpc) is 4.08. The molecule has 18 nitrogen and oxygen atoms in total. The van der Waals surface area contributed by atoms with Gasteiger partial charge in [-0.05, 0) is 96.5 Å². The van der Waals surface area contributed by atoms with Crippen molar-refractivity contribution >= 4 is 53.4 Å². The third-order valence-corrected chi connectivity index (χ3v) is 13.4. The van der Waals surface area contributed by atoms with Gasteiger partial charge in [-0.3, -0.25) is 24.0 Å². The number of hydrogen-bond acceptors (Lipinski definition) is 13. The van der Waals surface area contributed by atoms with Crippen molar-refractivity contribution in [2.45, 2.75) is 167 Å². The minimum Gasteiger partial charge on any atom is -0.462 e. The Morgan fingerprint density at radius 3 is 2.23 bits per heavy atom. The number of thioether (sulfide) groups is 1. The first kappa shape index (κ1) is 52.7. The van der Waals surface area contributed by atoms with Gasteiger partial charge in [0.1, 0.15) is 54.2 Å². The maximum Gasteiger partial charge on any atom is 0.407 e. The van der Waals surface area contributed by atoms with Crippen LogP contribution in [0, 0.1) is 17.8 Å². The number of epoxide rings is 2. The minimum absolute atomic E-state index is 0.00547. The monoisotopic (exact) mass is 923 g/mol. The summed E-state index contributed by atoms with van der Waals surface area (Å²) in [6.07, 6.45) is 6.04. The standard InChI is InChI=1S/C45H74N6O12S/c1-25(2)14-15-35-44(9,63-35)38-37(59-10)34(16-18-45(38)24-61-45)62-43(58)50-32(27(5)6)23-60-42(57)28(7)47-40(55)30(17-20-64-11)48-36(53)22-46-39(54)31(21-26(3)4)49-41(56)33-13-12-19-51(33)29(8)52/h14,26-28,30-35,37-38H,12-13,15-24H2,1-11H3,(H,46,54)(H,47,55)(H,48,53)(H,49,56)(H,50,58)/t28-,30-,31-,32-,33-,34+,35?,37+,38+,44?,45?/m0/s1. The van der Waals surface area contributed by atoms with E-state index in [4.69, 9.17) is 23.7 Å². The van der Waals surface area contributed by atoms with Gasteiger partial charge >= 0.3 is 12.1 Å². The summed E-state index contributed by atoms with van der Waals surface area (Å²) >= 11 is 1.46. The molecule has 4 aliphatic rings. The largest absolute Gasteiger partial charge is 0.462 e. The fraction of sp³-hybridized carbons (Fsp3) is 0.800. The van der Waals surface area contributed by atoms with E-state index in [1.807, 2.05) is 34.0 Å². The highest BCUT2D eigenvalue weighted by molar-refractivity contribution is 7.98. The first-order chi connectivity index (χ1) is 30.2. The number of amides is 6. The molecule has 0 aromatic carbocycles. The number of nitrogens with zero attached hydrogens (tertiary/aromatic N) is 1. The highest BCUT2D eigenvalue weighted by atomic mass is 32.2. The summed E-state index contributed by atoms with van der Waals surface area (Å²) in [6.45, 7) is 17.0. The zero-order valence-corrected chi connectivity index (χ0v) is 40.5. The SMILES string of the molecule is CO[C@@H]1[C@H](OC(=O)N[C@@H](COC(=O)[C@H](C)NC(=O)[C@H](CCSC)NC(=O)CNC(=O)[C@H](CC(C)C)NC(=O)[C@@H]2CCCN2C(C)=O)C(C)C)CCC2(CO2)[C@H]1C1(C)OC1CC=C(C)C. The van der Waals surface area contributed by atoms with Crippen molar-refractivity contribution in [3.63, 3.8) is 0 Å². The molecular weight excluding hydrogens is 849 g/mol. The number of ether oxygens (including phenoxy) is 5. The molecule has 4 rings (SSSR count). The van der Waals surface area contributed by atoms with Gasteiger partial charge in [0.05, 0.1) is 31.2 Å². The lowest BCUT2D eigenvalue weighted by atomic mass is 9.68. The molecule has 1 spiro atoms. The Balaban J connectivity index is 1.27. The molecule has 0 radical (unpaired) electrons. The Kier molecular flexibility index (Phi) is 19.3. The fourth-order valence-electron chi connectivity index (χ4n) is 8.89. The van der Waals surface area contributed by atoms with Gasteiger partial charge in [-0.15, -0.1) is 0 Å². The molecular formula is C45H74N6O12S. The van der Waals surface area contributed by atoms with E-state index in [0.717, 1.165) is 6.42 Å². The second-order valence-electron chi connectivity index (χ2n) is 18.9. The van der Waals surface area contributed by atoms with Crippen molar-refractivity contribution in [1.82, 2.24) is 31.5 Å². The molecule has 1 saturated carbocycles. The molecule has 5 N–H and O–H groups in total. The normalized spacial score (nSPS) is 27.7. The van der Waals surface area contributed by atoms with Crippen molar-refractivity contribution in [3.8, 4) is 0 Å². The number of carbonyl (C=O) groups is 7. The minimum atomic E-state index is -1.11. The molecule has 3 aliphatic heterocycles. The number of carbonyl (C=O) groups excluding carboxylic acids is 7. The van der Waals surface area contributed by atoms with Crippen LogP contribution in [0.25, 0.3) is 0 Å². The predicted molar refractivity (Wildman–Crippen MR) is 240 cm³/mol. The molecule has 0 aromatic rings. The number of likely N-dealkylation sites (tertiary alicyclic amines) is 1. The third kappa shape index (κ3) is 14.3. The fourth-order valence-corrected chi connectivity index (χ4v) is 9.36. The second-order valence-corrected chi connectivity index (χ2v) is 19.8. The molecule has 11 atom stereocenters. The van der Waals surface area contributed by atoms with Crippen LogP contribution in [-0.4, -0.2) is 152 Å². The highest BCUT2D eigenvalue weighted by Gasteiger charge is 2.72. The molecule has 3 saturated heterocycles. The molecule has 1 aliphatic carbocycles. The summed E-state index contributed by atoms with van der Waals surface area (Å²) in [5.41, 5.74) is 0.347. The maximum atomic E-state index is 13.4. The van der Waals surface area contributed by atoms with Gasteiger partial charge in [0.15, 0.2) is 0 Å². The number of nitrogens with one attached hydrogen (secondary N) is 5. The van der Waals surface area contributed by atoms with E-state index in [2.05, 4.69) is 53.4 Å². The van der Waals surface area contributed by atoms with Gasteiger partial charge < -0.3 is 55.2 Å². The summed E-state index contributed by atoms with van der Waals surface area (Å²) in [6, 6.07) is -4.36. The quantitative estimate of drug-likeness (QED) is 0.0564. The molecule has 3 unspecified atom stereocenters. The van der Waals surface area contributed by atoms with Crippen LogP contribution < -0.4 is 26.6 Å². The van der Waals surface area contributed by atoms with Gasteiger partial charge in [-0.1, -0.05) is 39.3 Å². The smallest absolute Gasteiger partial charge is 0.407 e. The van der Waals surface area contributed by atoms with E-state index in [1.165, 1.54) is 36.1 Å². The highest BCUT2D eigenvalue weighted by Crippen LogP contribution is 2.59. The van der Waals surface area contributed by atoms with Crippen molar-refractivity contribution in [3.05, 3.63) is 11.6 Å². The summed E-state index contributed by atoms with van der Waals surface area (Å²) in [5, 5.41) is 13.4. The number of methoxy groups -OCH3 is 1. The summed E-state index contributed by atoms with van der Waals surface area (Å²) < 4.78 is 29.9. The Morgan fingerprint density at radius 1 is 0.938 bits per heavy atom. The molecule has 6 amide bonds. The molecule has 362 valence electrons. The van der Waals surface area contributed by atoms with Crippen LogP contribution in [0.4, 0.5) is 4.79 Å². The lowest BCUT2D eigenvalue weighted by Crippen LogP contribution is -2.56. The first-order valence-electron chi connectivity index (χ1n) is 22.7. The van der Waals surface area contributed by atoms with Crippen LogP contribution in [0.5, 0.6) is 0 Å². The molecule has 3 heterocycles. The van der Waals surface area contributed by atoms with Crippen LogP contribution in [0.3, 0.4) is 0 Å². The Labute approximate surface area is 382 Å². The summed E-state index contributed by atoms with van der Waals surface area (Å²) in [5.74, 6) is -2.98. The van der Waals surface area contributed by atoms with Crippen LogP contribution in [0.15, 0.2) is 11.6 Å². The van der Waals surface area contributed by atoms with Gasteiger partial charge in [0.25, 0.3) is 0 Å². The molecule has 0 aromatic heterocycles. The Bertz CT molecular complexity index is 1700. The topological polar surface area (TPSA) is 236 Å². The Hall–Kier alpha value is -3.94. The number of hydrogen-bond donors (Lipinski definition) is 5. The van der Waals surface area contributed by atoms with E-state index >= 15 is 0 Å².